The molecule has 1 aliphatic heterocycles. The molecule has 104 valence electrons. The standard InChI is InChI=1S/C15H16N2O3/c1-16-7-8-17(9-14(16)19)15(20)12-4-2-3-11-10(12)5-6-13(11)18/h2-4H,5-9H2,1H3. The SMILES string of the molecule is CN1CCN(C(=O)c2cccc3c2CCC3=O)CC1=O. The molecule has 5 heteroatoms. The third kappa shape index (κ3) is 1.99. The summed E-state index contributed by atoms with van der Waals surface area (Å²) in [6.07, 6.45) is 1.10. The summed E-state index contributed by atoms with van der Waals surface area (Å²) in [5.41, 5.74) is 2.08. The first-order valence-electron chi connectivity index (χ1n) is 6.76. The van der Waals surface area contributed by atoms with Gasteiger partial charge in [-0.05, 0) is 18.1 Å². The van der Waals surface area contributed by atoms with Gasteiger partial charge in [0.05, 0.1) is 0 Å². The maximum Gasteiger partial charge on any atom is 0.254 e. The first-order valence-corrected chi connectivity index (χ1v) is 6.76. The van der Waals surface area contributed by atoms with Crippen LogP contribution in [0.2, 0.25) is 0 Å². The largest absolute Gasteiger partial charge is 0.342 e. The first kappa shape index (κ1) is 12.8. The molecule has 0 bridgehead atoms. The average Bonchev–Trinajstić information content (AvgIpc) is 2.83. The molecular weight excluding hydrogens is 256 g/mol. The van der Waals surface area contributed by atoms with E-state index < -0.39 is 0 Å². The Kier molecular flexibility index (Phi) is 3.04. The van der Waals surface area contributed by atoms with Crippen LogP contribution >= 0.6 is 0 Å². The Morgan fingerprint density at radius 3 is 2.70 bits per heavy atom. The fourth-order valence-electron chi connectivity index (χ4n) is 2.79. The van der Waals surface area contributed by atoms with Gasteiger partial charge in [-0.1, -0.05) is 12.1 Å². The summed E-state index contributed by atoms with van der Waals surface area (Å²) in [7, 11) is 1.74. The van der Waals surface area contributed by atoms with E-state index in [1.54, 1.807) is 35.0 Å². The lowest BCUT2D eigenvalue weighted by Crippen LogP contribution is -2.50. The van der Waals surface area contributed by atoms with Crippen molar-refractivity contribution in [3.05, 3.63) is 34.9 Å². The predicted molar refractivity (Wildman–Crippen MR) is 72.6 cm³/mol. The molecule has 0 spiro atoms. The molecule has 1 saturated heterocycles. The highest BCUT2D eigenvalue weighted by atomic mass is 16.2. The molecule has 1 fully saturated rings. The second-order valence-electron chi connectivity index (χ2n) is 5.30. The highest BCUT2D eigenvalue weighted by Crippen LogP contribution is 2.26. The molecule has 1 aliphatic carbocycles. The number of benzene rings is 1. The van der Waals surface area contributed by atoms with Gasteiger partial charge < -0.3 is 9.80 Å². The number of amides is 2. The van der Waals surface area contributed by atoms with E-state index in [-0.39, 0.29) is 24.1 Å². The lowest BCUT2D eigenvalue weighted by Gasteiger charge is -2.32. The lowest BCUT2D eigenvalue weighted by molar-refractivity contribution is -0.133. The number of hydrogen-bond acceptors (Lipinski definition) is 3. The molecule has 0 radical (unpaired) electrons. The predicted octanol–water partition coefficient (Wildman–Crippen LogP) is 0.730. The minimum Gasteiger partial charge on any atom is -0.342 e. The van der Waals surface area contributed by atoms with Gasteiger partial charge in [0, 0.05) is 37.7 Å². The molecular formula is C15H16N2O3. The van der Waals surface area contributed by atoms with Gasteiger partial charge in [0.15, 0.2) is 5.78 Å². The Bertz CT molecular complexity index is 609. The van der Waals surface area contributed by atoms with Crippen molar-refractivity contribution < 1.29 is 14.4 Å². The summed E-state index contributed by atoms with van der Waals surface area (Å²) in [6.45, 7) is 1.21. The summed E-state index contributed by atoms with van der Waals surface area (Å²) in [5.74, 6) is -0.0876. The first-order chi connectivity index (χ1) is 9.58. The van der Waals surface area contributed by atoms with Crippen molar-refractivity contribution in [3.8, 4) is 0 Å². The fourth-order valence-corrected chi connectivity index (χ4v) is 2.79. The number of hydrogen-bond donors (Lipinski definition) is 0. The van der Waals surface area contributed by atoms with Crippen LogP contribution in [0.3, 0.4) is 0 Å². The molecule has 2 aliphatic rings. The third-order valence-electron chi connectivity index (χ3n) is 4.05. The van der Waals surface area contributed by atoms with E-state index in [1.807, 2.05) is 0 Å². The average molecular weight is 272 g/mol. The van der Waals surface area contributed by atoms with Gasteiger partial charge in [-0.2, -0.15) is 0 Å². The third-order valence-corrected chi connectivity index (χ3v) is 4.05. The number of fused-ring (bicyclic) bond motifs is 1. The number of carbonyl (C=O) groups is 3. The van der Waals surface area contributed by atoms with E-state index in [1.165, 1.54) is 0 Å². The van der Waals surface area contributed by atoms with Gasteiger partial charge in [-0.15, -0.1) is 0 Å². The minimum atomic E-state index is -0.141. The van der Waals surface area contributed by atoms with Gasteiger partial charge in [0.25, 0.3) is 5.91 Å². The summed E-state index contributed by atoms with van der Waals surface area (Å²) >= 11 is 0. The van der Waals surface area contributed by atoms with Crippen LogP contribution in [-0.2, 0) is 11.2 Å². The Hall–Kier alpha value is -2.17. The second-order valence-corrected chi connectivity index (χ2v) is 5.30. The quantitative estimate of drug-likeness (QED) is 0.757. The number of piperazine rings is 1. The van der Waals surface area contributed by atoms with Crippen molar-refractivity contribution >= 4 is 17.6 Å². The van der Waals surface area contributed by atoms with E-state index in [0.29, 0.717) is 37.1 Å². The molecule has 0 N–H and O–H groups in total. The van der Waals surface area contributed by atoms with Crippen LogP contribution < -0.4 is 0 Å². The number of Topliss-reactive ketones (excluding diaryl/α,β-unsaturated/α-hetero) is 1. The van der Waals surface area contributed by atoms with Crippen LogP contribution in [0, 0.1) is 0 Å². The molecule has 0 unspecified atom stereocenters. The van der Waals surface area contributed by atoms with Crippen molar-refractivity contribution in [1.29, 1.82) is 0 Å². The smallest absolute Gasteiger partial charge is 0.254 e. The maximum absolute atomic E-state index is 12.6. The van der Waals surface area contributed by atoms with Crippen molar-refractivity contribution in [2.45, 2.75) is 12.8 Å². The number of nitrogens with zero attached hydrogens (tertiary/aromatic N) is 2. The molecule has 0 atom stereocenters. The Labute approximate surface area is 117 Å². The Balaban J connectivity index is 1.89. The number of carbonyl (C=O) groups excluding carboxylic acids is 3. The van der Waals surface area contributed by atoms with Crippen LogP contribution in [0.5, 0.6) is 0 Å². The zero-order chi connectivity index (χ0) is 14.3. The van der Waals surface area contributed by atoms with Crippen LogP contribution in [0.15, 0.2) is 18.2 Å². The van der Waals surface area contributed by atoms with Gasteiger partial charge >= 0.3 is 0 Å². The van der Waals surface area contributed by atoms with Gasteiger partial charge in [0.1, 0.15) is 6.54 Å². The number of likely N-dealkylation sites (N-methyl/N-ethyl adjacent to an activating group) is 1. The van der Waals surface area contributed by atoms with Crippen molar-refractivity contribution in [3.63, 3.8) is 0 Å². The van der Waals surface area contributed by atoms with E-state index in [4.69, 9.17) is 0 Å². The van der Waals surface area contributed by atoms with Gasteiger partial charge in [-0.25, -0.2) is 0 Å². The summed E-state index contributed by atoms with van der Waals surface area (Å²) in [4.78, 5) is 39.2. The van der Waals surface area contributed by atoms with Crippen LogP contribution in [0.25, 0.3) is 0 Å². The normalized spacial score (nSPS) is 18.4. The van der Waals surface area contributed by atoms with E-state index in [2.05, 4.69) is 0 Å². The molecule has 1 aromatic rings. The molecule has 1 aromatic carbocycles. The molecule has 20 heavy (non-hydrogen) atoms. The number of rotatable bonds is 1. The molecule has 2 amide bonds. The number of ketones is 1. The van der Waals surface area contributed by atoms with Crippen LogP contribution in [0.4, 0.5) is 0 Å². The zero-order valence-electron chi connectivity index (χ0n) is 11.4. The monoisotopic (exact) mass is 272 g/mol. The maximum atomic E-state index is 12.6. The second kappa shape index (κ2) is 4.74. The van der Waals surface area contributed by atoms with Crippen molar-refractivity contribution in [2.24, 2.45) is 0 Å². The summed E-state index contributed by atoms with van der Waals surface area (Å²) < 4.78 is 0. The Morgan fingerprint density at radius 1 is 1.15 bits per heavy atom. The molecule has 1 heterocycles. The lowest BCUT2D eigenvalue weighted by atomic mass is 10.0. The van der Waals surface area contributed by atoms with Crippen LogP contribution in [-0.4, -0.2) is 54.1 Å². The zero-order valence-corrected chi connectivity index (χ0v) is 11.4. The molecule has 0 saturated carbocycles. The Morgan fingerprint density at radius 2 is 1.95 bits per heavy atom. The van der Waals surface area contributed by atoms with E-state index in [0.717, 1.165) is 5.56 Å². The van der Waals surface area contributed by atoms with E-state index >= 15 is 0 Å². The van der Waals surface area contributed by atoms with Crippen molar-refractivity contribution in [1.82, 2.24) is 9.80 Å². The topological polar surface area (TPSA) is 57.7 Å². The highest BCUT2D eigenvalue weighted by Gasteiger charge is 2.30. The molecule has 5 nitrogen and oxygen atoms in total. The van der Waals surface area contributed by atoms with Gasteiger partial charge in [-0.3, -0.25) is 14.4 Å². The van der Waals surface area contributed by atoms with Crippen molar-refractivity contribution in [2.75, 3.05) is 26.7 Å². The van der Waals surface area contributed by atoms with Crippen LogP contribution in [0.1, 0.15) is 32.7 Å². The van der Waals surface area contributed by atoms with E-state index in [9.17, 15) is 14.4 Å². The summed E-state index contributed by atoms with van der Waals surface area (Å²) in [6, 6.07) is 5.27. The molecule has 0 aromatic heterocycles. The minimum absolute atomic E-state index is 0.0479. The molecule has 3 rings (SSSR count). The summed E-state index contributed by atoms with van der Waals surface area (Å²) in [5, 5.41) is 0. The fraction of sp³-hybridized carbons (Fsp3) is 0.400. The highest BCUT2D eigenvalue weighted by molar-refractivity contribution is 6.06. The van der Waals surface area contributed by atoms with Gasteiger partial charge in [0.2, 0.25) is 5.91 Å².